The van der Waals surface area contributed by atoms with Crippen molar-refractivity contribution in [2.24, 2.45) is 0 Å². The summed E-state index contributed by atoms with van der Waals surface area (Å²) in [6.45, 7) is 0. The largest absolute Gasteiger partial charge is 0.463 e. The molecule has 0 saturated carbocycles. The highest BCUT2D eigenvalue weighted by Crippen LogP contribution is 2.42. The van der Waals surface area contributed by atoms with Crippen molar-refractivity contribution in [1.29, 1.82) is 0 Å². The van der Waals surface area contributed by atoms with Crippen molar-refractivity contribution in [1.82, 2.24) is 5.32 Å². The second kappa shape index (κ2) is 9.62. The lowest BCUT2D eigenvalue weighted by Crippen LogP contribution is -2.58. The Hall–Kier alpha value is -3.31. The first kappa shape index (κ1) is 27.3. The molecule has 1 N–H and O–H groups in total. The second-order valence-electron chi connectivity index (χ2n) is 8.09. The van der Waals surface area contributed by atoms with Gasteiger partial charge in [0.2, 0.25) is 0 Å². The molecule has 0 aliphatic heterocycles. The van der Waals surface area contributed by atoms with Gasteiger partial charge in [-0.25, -0.2) is 8.78 Å². The van der Waals surface area contributed by atoms with Crippen molar-refractivity contribution in [3.63, 3.8) is 0 Å². The van der Waals surface area contributed by atoms with Crippen LogP contribution in [0.4, 0.5) is 43.9 Å². The predicted molar refractivity (Wildman–Crippen MR) is 109 cm³/mol. The Morgan fingerprint density at radius 1 is 0.917 bits per heavy atom. The molecule has 1 unspecified atom stereocenters. The number of carbonyl (C=O) groups excluding carboxylic acids is 1. The standard InChI is InChI=1S/C24H17F10NO/c25-18-8-6-15(7-9-18)21(13-14-4-2-1-3-5-14,35-20(36)22(27,28)24(32,33)34)16-10-17(23(29,30)31)12-19(26)11-16/h1-8,10-12,18H,9,13H2,(H,35,36)/t18?,21-/m1/s1. The second-order valence-corrected chi connectivity index (χ2v) is 8.09. The van der Waals surface area contributed by atoms with E-state index in [9.17, 15) is 48.7 Å². The first-order valence-electron chi connectivity index (χ1n) is 10.3. The minimum absolute atomic E-state index is 0.103. The van der Waals surface area contributed by atoms with Crippen LogP contribution >= 0.6 is 0 Å². The summed E-state index contributed by atoms with van der Waals surface area (Å²) in [6, 6.07) is 8.10. The fraction of sp³-hybridized carbons (Fsp3) is 0.292. The minimum Gasteiger partial charge on any atom is -0.337 e. The van der Waals surface area contributed by atoms with Gasteiger partial charge in [0, 0.05) is 12.8 Å². The first-order valence-corrected chi connectivity index (χ1v) is 10.3. The fourth-order valence-electron chi connectivity index (χ4n) is 3.77. The summed E-state index contributed by atoms with van der Waals surface area (Å²) in [4.78, 5) is 12.3. The van der Waals surface area contributed by atoms with Crippen molar-refractivity contribution in [2.45, 2.75) is 42.8 Å². The van der Waals surface area contributed by atoms with Gasteiger partial charge >= 0.3 is 24.2 Å². The number of benzene rings is 2. The van der Waals surface area contributed by atoms with Gasteiger partial charge in [-0.2, -0.15) is 35.1 Å². The van der Waals surface area contributed by atoms with Gasteiger partial charge in [-0.3, -0.25) is 4.79 Å². The number of amides is 1. The van der Waals surface area contributed by atoms with Crippen LogP contribution < -0.4 is 5.32 Å². The summed E-state index contributed by atoms with van der Waals surface area (Å²) in [7, 11) is 0. The van der Waals surface area contributed by atoms with Crippen molar-refractivity contribution < 1.29 is 48.7 Å². The Labute approximate surface area is 198 Å². The van der Waals surface area contributed by atoms with Gasteiger partial charge in [0.25, 0.3) is 0 Å². The molecule has 0 fully saturated rings. The highest BCUT2D eigenvalue weighted by Gasteiger charge is 2.64. The number of hydrogen-bond donors (Lipinski definition) is 1. The highest BCUT2D eigenvalue weighted by molar-refractivity contribution is 5.86. The lowest BCUT2D eigenvalue weighted by atomic mass is 9.75. The number of halogens is 10. The third-order valence-electron chi connectivity index (χ3n) is 5.54. The van der Waals surface area contributed by atoms with Crippen LogP contribution in [0.5, 0.6) is 0 Å². The van der Waals surface area contributed by atoms with E-state index in [0.29, 0.717) is 12.1 Å². The van der Waals surface area contributed by atoms with Gasteiger partial charge in [0.15, 0.2) is 0 Å². The normalized spacial score (nSPS) is 18.4. The molecule has 2 aromatic rings. The van der Waals surface area contributed by atoms with Gasteiger partial charge in [-0.15, -0.1) is 0 Å². The van der Waals surface area contributed by atoms with E-state index >= 15 is 0 Å². The number of carbonyl (C=O) groups is 1. The number of allylic oxidation sites excluding steroid dienone is 2. The Morgan fingerprint density at radius 2 is 1.53 bits per heavy atom. The van der Waals surface area contributed by atoms with Gasteiger partial charge in [0.05, 0.1) is 11.1 Å². The van der Waals surface area contributed by atoms with Crippen LogP contribution in [-0.4, -0.2) is 24.2 Å². The zero-order valence-electron chi connectivity index (χ0n) is 18.0. The summed E-state index contributed by atoms with van der Waals surface area (Å²) in [5.74, 6) is -10.3. The van der Waals surface area contributed by atoms with E-state index in [4.69, 9.17) is 0 Å². The summed E-state index contributed by atoms with van der Waals surface area (Å²) in [5, 5.41) is 1.55. The molecule has 0 heterocycles. The molecule has 36 heavy (non-hydrogen) atoms. The molecule has 194 valence electrons. The van der Waals surface area contributed by atoms with E-state index in [1.54, 1.807) is 5.32 Å². The Balaban J connectivity index is 2.32. The van der Waals surface area contributed by atoms with Crippen LogP contribution in [0.25, 0.3) is 0 Å². The predicted octanol–water partition coefficient (Wildman–Crippen LogP) is 6.82. The molecular formula is C24H17F10NO. The topological polar surface area (TPSA) is 29.1 Å². The van der Waals surface area contributed by atoms with Crippen molar-refractivity contribution in [2.75, 3.05) is 0 Å². The zero-order chi connectivity index (χ0) is 26.9. The molecule has 0 bridgehead atoms. The van der Waals surface area contributed by atoms with Crippen LogP contribution in [0, 0.1) is 5.82 Å². The molecule has 2 nitrogen and oxygen atoms in total. The maximum absolute atomic E-state index is 14.4. The molecule has 12 heteroatoms. The molecule has 0 spiro atoms. The van der Waals surface area contributed by atoms with Crippen molar-refractivity contribution in [3.8, 4) is 0 Å². The number of hydrogen-bond acceptors (Lipinski definition) is 1. The third kappa shape index (κ3) is 5.57. The van der Waals surface area contributed by atoms with Gasteiger partial charge in [-0.05, 0) is 34.9 Å². The maximum atomic E-state index is 14.4. The SMILES string of the molecule is O=C(N[C@](Cc1ccccc1)(C1=CCC(F)C=C1)c1cc(F)cc(C(F)(F)F)c1)C(F)(F)C(F)(F)F. The summed E-state index contributed by atoms with van der Waals surface area (Å²) in [6.07, 6.45) is -11.3. The van der Waals surface area contributed by atoms with Crippen LogP contribution in [0.1, 0.15) is 23.1 Å². The molecule has 1 aliphatic carbocycles. The Bertz CT molecular complexity index is 1170. The molecular weight excluding hydrogens is 508 g/mol. The monoisotopic (exact) mass is 525 g/mol. The highest BCUT2D eigenvalue weighted by atomic mass is 19.4. The minimum atomic E-state index is -6.34. The molecule has 0 radical (unpaired) electrons. The van der Waals surface area contributed by atoms with Crippen molar-refractivity contribution in [3.05, 3.63) is 94.8 Å². The van der Waals surface area contributed by atoms with Gasteiger partial charge in [0.1, 0.15) is 12.0 Å². The van der Waals surface area contributed by atoms with E-state index in [1.165, 1.54) is 30.3 Å². The summed E-state index contributed by atoms with van der Waals surface area (Å²) >= 11 is 0. The van der Waals surface area contributed by atoms with Crippen LogP contribution in [0.15, 0.2) is 72.3 Å². The summed E-state index contributed by atoms with van der Waals surface area (Å²) < 4.78 is 135. The maximum Gasteiger partial charge on any atom is 0.463 e. The van der Waals surface area contributed by atoms with Crippen LogP contribution in [0.2, 0.25) is 0 Å². The average Bonchev–Trinajstić information content (AvgIpc) is 2.78. The lowest BCUT2D eigenvalue weighted by molar-refractivity contribution is -0.270. The molecule has 0 aromatic heterocycles. The zero-order valence-corrected chi connectivity index (χ0v) is 18.0. The van der Waals surface area contributed by atoms with Crippen molar-refractivity contribution >= 4 is 5.91 Å². The average molecular weight is 525 g/mol. The van der Waals surface area contributed by atoms with E-state index in [1.807, 2.05) is 0 Å². The molecule has 2 atom stereocenters. The number of nitrogens with one attached hydrogen (secondary N) is 1. The third-order valence-corrected chi connectivity index (χ3v) is 5.54. The lowest BCUT2D eigenvalue weighted by Gasteiger charge is -2.39. The van der Waals surface area contributed by atoms with E-state index < -0.39 is 65.7 Å². The van der Waals surface area contributed by atoms with E-state index in [-0.39, 0.29) is 17.2 Å². The van der Waals surface area contributed by atoms with E-state index in [0.717, 1.165) is 18.2 Å². The Morgan fingerprint density at radius 3 is 2.06 bits per heavy atom. The smallest absolute Gasteiger partial charge is 0.337 e. The van der Waals surface area contributed by atoms with E-state index in [2.05, 4.69) is 0 Å². The molecule has 0 saturated heterocycles. The fourth-order valence-corrected chi connectivity index (χ4v) is 3.77. The quantitative estimate of drug-likeness (QED) is 0.412. The van der Waals surface area contributed by atoms with Gasteiger partial charge in [-0.1, -0.05) is 48.6 Å². The number of rotatable bonds is 6. The molecule has 1 amide bonds. The summed E-state index contributed by atoms with van der Waals surface area (Å²) in [5.41, 5.74) is -5.02. The molecule has 3 rings (SSSR count). The van der Waals surface area contributed by atoms with Crippen LogP contribution in [0.3, 0.4) is 0 Å². The Kier molecular flexibility index (Phi) is 7.29. The first-order chi connectivity index (χ1) is 16.6. The molecule has 1 aliphatic rings. The number of alkyl halides is 9. The molecule has 2 aromatic carbocycles. The van der Waals surface area contributed by atoms with Gasteiger partial charge < -0.3 is 5.32 Å². The van der Waals surface area contributed by atoms with Crippen LogP contribution in [-0.2, 0) is 22.9 Å².